The van der Waals surface area contributed by atoms with Crippen LogP contribution in [-0.2, 0) is 0 Å². The van der Waals surface area contributed by atoms with Gasteiger partial charge in [0.1, 0.15) is 0 Å². The molecule has 0 saturated heterocycles. The van der Waals surface area contributed by atoms with Gasteiger partial charge in [-0.2, -0.15) is 0 Å². The summed E-state index contributed by atoms with van der Waals surface area (Å²) in [4.78, 5) is 4.84. The van der Waals surface area contributed by atoms with Gasteiger partial charge in [-0.25, -0.2) is 0 Å². The van der Waals surface area contributed by atoms with Crippen molar-refractivity contribution < 1.29 is 0 Å². The molecule has 0 unspecified atom stereocenters. The highest BCUT2D eigenvalue weighted by Crippen LogP contribution is 2.41. The first kappa shape index (κ1) is 23.1. The Hall–Kier alpha value is -5.45. The Kier molecular flexibility index (Phi) is 4.60. The van der Waals surface area contributed by atoms with E-state index in [4.69, 9.17) is 4.98 Å². The van der Waals surface area contributed by atoms with Gasteiger partial charge in [-0.15, -0.1) is 11.3 Å². The highest BCUT2D eigenvalue weighted by molar-refractivity contribution is 7.25. The van der Waals surface area contributed by atoms with Gasteiger partial charge in [0, 0.05) is 47.6 Å². The van der Waals surface area contributed by atoms with Crippen molar-refractivity contribution in [1.82, 2.24) is 14.0 Å². The first-order chi connectivity index (χ1) is 21.3. The molecule has 0 aliphatic heterocycles. The summed E-state index contributed by atoms with van der Waals surface area (Å²) in [6.07, 6.45) is 2.02. The number of rotatable bonds is 2. The standard InChI is InChI=1S/C39H23N3S/c1-5-13-32-26(9-1)29-22-38-30(27-10-3-8-16-37(27)43-38)21-35(29)41(32)25-19-17-24(18-20-25)39-28-11-2-6-14-33(28)42-34-15-7-4-12-31(34)40-23-36(39)42/h1-23H. The second-order valence-corrected chi connectivity index (χ2v) is 12.3. The van der Waals surface area contributed by atoms with Gasteiger partial charge >= 0.3 is 0 Å². The van der Waals surface area contributed by atoms with Gasteiger partial charge in [-0.05, 0) is 60.2 Å². The number of thiophene rings is 1. The van der Waals surface area contributed by atoms with Crippen molar-refractivity contribution in [3.05, 3.63) is 140 Å². The third-order valence-electron chi connectivity index (χ3n) is 8.95. The summed E-state index contributed by atoms with van der Waals surface area (Å²) in [6, 6.07) is 48.4. The van der Waals surface area contributed by atoms with E-state index in [1.807, 2.05) is 23.6 Å². The third-order valence-corrected chi connectivity index (χ3v) is 10.1. The number of fused-ring (bicyclic) bond motifs is 11. The van der Waals surface area contributed by atoms with E-state index in [1.54, 1.807) is 0 Å². The summed E-state index contributed by atoms with van der Waals surface area (Å²) in [5, 5.41) is 6.45. The van der Waals surface area contributed by atoms with Gasteiger partial charge in [0.05, 0.1) is 39.3 Å². The molecule has 6 aromatic carbocycles. The molecular weight excluding hydrogens is 543 g/mol. The highest BCUT2D eigenvalue weighted by atomic mass is 32.1. The molecule has 0 fully saturated rings. The minimum atomic E-state index is 0.997. The van der Waals surface area contributed by atoms with Crippen LogP contribution < -0.4 is 0 Å². The van der Waals surface area contributed by atoms with Gasteiger partial charge in [-0.3, -0.25) is 4.98 Å². The van der Waals surface area contributed by atoms with E-state index in [0.29, 0.717) is 0 Å². The molecule has 0 saturated carbocycles. The lowest BCUT2D eigenvalue weighted by Gasteiger charge is -2.10. The van der Waals surface area contributed by atoms with Crippen LogP contribution in [0.25, 0.3) is 86.2 Å². The Morgan fingerprint density at radius 2 is 1.16 bits per heavy atom. The molecule has 0 aliphatic rings. The van der Waals surface area contributed by atoms with E-state index < -0.39 is 0 Å². The van der Waals surface area contributed by atoms with Gasteiger partial charge in [0.15, 0.2) is 0 Å². The van der Waals surface area contributed by atoms with Crippen LogP contribution in [0.2, 0.25) is 0 Å². The van der Waals surface area contributed by atoms with Crippen LogP contribution in [0.3, 0.4) is 0 Å². The molecule has 0 spiro atoms. The summed E-state index contributed by atoms with van der Waals surface area (Å²) < 4.78 is 7.44. The summed E-state index contributed by atoms with van der Waals surface area (Å²) in [5.41, 5.74) is 10.5. The molecule has 0 bridgehead atoms. The Morgan fingerprint density at radius 3 is 2.02 bits per heavy atom. The molecule has 200 valence electrons. The molecule has 10 aromatic rings. The lowest BCUT2D eigenvalue weighted by molar-refractivity contribution is 1.18. The van der Waals surface area contributed by atoms with Crippen LogP contribution in [0.4, 0.5) is 0 Å². The van der Waals surface area contributed by atoms with Gasteiger partial charge in [0.25, 0.3) is 0 Å². The molecule has 0 amide bonds. The summed E-state index contributed by atoms with van der Waals surface area (Å²) >= 11 is 1.88. The Morgan fingerprint density at radius 1 is 0.465 bits per heavy atom. The van der Waals surface area contributed by atoms with Crippen LogP contribution in [0, 0.1) is 0 Å². The van der Waals surface area contributed by atoms with E-state index >= 15 is 0 Å². The zero-order valence-electron chi connectivity index (χ0n) is 23.0. The topological polar surface area (TPSA) is 22.2 Å². The van der Waals surface area contributed by atoms with Gasteiger partial charge < -0.3 is 8.97 Å². The van der Waals surface area contributed by atoms with Crippen molar-refractivity contribution >= 4 is 80.8 Å². The van der Waals surface area contributed by atoms with E-state index in [2.05, 4.69) is 136 Å². The molecule has 0 N–H and O–H groups in total. The average Bonchev–Trinajstić information content (AvgIpc) is 3.71. The first-order valence-electron chi connectivity index (χ1n) is 14.6. The van der Waals surface area contributed by atoms with Crippen molar-refractivity contribution in [2.45, 2.75) is 0 Å². The number of para-hydroxylation sites is 4. The fourth-order valence-corrected chi connectivity index (χ4v) is 8.21. The molecular formula is C39H23N3S. The van der Waals surface area contributed by atoms with Crippen LogP contribution in [0.1, 0.15) is 0 Å². The van der Waals surface area contributed by atoms with E-state index in [9.17, 15) is 0 Å². The Balaban J connectivity index is 1.22. The number of benzene rings is 6. The molecule has 0 aliphatic carbocycles. The molecule has 43 heavy (non-hydrogen) atoms. The third kappa shape index (κ3) is 3.16. The van der Waals surface area contributed by atoms with Crippen molar-refractivity contribution in [1.29, 1.82) is 0 Å². The average molecular weight is 566 g/mol. The van der Waals surface area contributed by atoms with Crippen molar-refractivity contribution in [3.63, 3.8) is 0 Å². The summed E-state index contributed by atoms with van der Waals surface area (Å²) in [6.45, 7) is 0. The Labute approximate surface area is 250 Å². The monoisotopic (exact) mass is 565 g/mol. The van der Waals surface area contributed by atoms with E-state index in [-0.39, 0.29) is 0 Å². The van der Waals surface area contributed by atoms with Crippen LogP contribution in [-0.4, -0.2) is 14.0 Å². The van der Waals surface area contributed by atoms with Crippen molar-refractivity contribution in [3.8, 4) is 16.8 Å². The minimum Gasteiger partial charge on any atom is -0.309 e. The van der Waals surface area contributed by atoms with Gasteiger partial charge in [0.2, 0.25) is 0 Å². The number of hydrogen-bond acceptors (Lipinski definition) is 2. The fraction of sp³-hybridized carbons (Fsp3) is 0. The second kappa shape index (κ2) is 8.54. The van der Waals surface area contributed by atoms with Crippen LogP contribution >= 0.6 is 11.3 Å². The Bertz CT molecular complexity index is 2720. The predicted octanol–water partition coefficient (Wildman–Crippen LogP) is 10.8. The molecule has 0 atom stereocenters. The molecule has 4 heteroatoms. The lowest BCUT2D eigenvalue weighted by atomic mass is 10.0. The molecule has 10 rings (SSSR count). The number of aromatic nitrogens is 3. The quantitative estimate of drug-likeness (QED) is 0.204. The minimum absolute atomic E-state index is 0.997. The molecule has 0 radical (unpaired) electrons. The maximum Gasteiger partial charge on any atom is 0.0871 e. The molecule has 4 heterocycles. The number of nitrogens with zero attached hydrogens (tertiary/aromatic N) is 3. The molecule has 3 nitrogen and oxygen atoms in total. The SMILES string of the molecule is c1ccc2c(c1)ncc1c(-c3ccc(-n4c5ccccc5c5cc6sc7ccccc7c6cc54)cc3)c3ccccc3n12. The largest absolute Gasteiger partial charge is 0.309 e. The van der Waals surface area contributed by atoms with Crippen molar-refractivity contribution in [2.24, 2.45) is 0 Å². The smallest absolute Gasteiger partial charge is 0.0871 e. The molecule has 4 aromatic heterocycles. The second-order valence-electron chi connectivity index (χ2n) is 11.2. The normalized spacial score (nSPS) is 12.2. The fourth-order valence-electron chi connectivity index (χ4n) is 7.08. The van der Waals surface area contributed by atoms with Crippen LogP contribution in [0.15, 0.2) is 140 Å². The first-order valence-corrected chi connectivity index (χ1v) is 15.4. The highest BCUT2D eigenvalue weighted by Gasteiger charge is 2.18. The van der Waals surface area contributed by atoms with Gasteiger partial charge in [-0.1, -0.05) is 78.9 Å². The maximum atomic E-state index is 4.84. The van der Waals surface area contributed by atoms with Crippen molar-refractivity contribution in [2.75, 3.05) is 0 Å². The van der Waals surface area contributed by atoms with Crippen LogP contribution in [0.5, 0.6) is 0 Å². The van der Waals surface area contributed by atoms with E-state index in [1.165, 1.54) is 64.0 Å². The summed E-state index contributed by atoms with van der Waals surface area (Å²) in [5.74, 6) is 0. The number of hydrogen-bond donors (Lipinski definition) is 0. The summed E-state index contributed by atoms with van der Waals surface area (Å²) in [7, 11) is 0. The zero-order valence-corrected chi connectivity index (χ0v) is 23.8. The maximum absolute atomic E-state index is 4.84. The van der Waals surface area contributed by atoms with E-state index in [0.717, 1.165) is 22.2 Å². The predicted molar refractivity (Wildman–Crippen MR) is 183 cm³/mol. The lowest BCUT2D eigenvalue weighted by Crippen LogP contribution is -1.94. The zero-order chi connectivity index (χ0) is 28.1.